The average Bonchev–Trinajstić information content (AvgIpc) is 3.23. The van der Waals surface area contributed by atoms with Crippen molar-refractivity contribution in [1.29, 1.82) is 0 Å². The molecule has 0 radical (unpaired) electrons. The largest absolute Gasteiger partial charge is 0.422 e. The molecule has 3 aromatic rings. The summed E-state index contributed by atoms with van der Waals surface area (Å²) in [6.07, 6.45) is 3.46. The van der Waals surface area contributed by atoms with Crippen LogP contribution in [0, 0.1) is 13.8 Å². The zero-order valence-electron chi connectivity index (χ0n) is 18.5. The molecule has 1 aromatic heterocycles. The Bertz CT molecular complexity index is 1260. The van der Waals surface area contributed by atoms with Crippen molar-refractivity contribution in [3.63, 3.8) is 0 Å². The van der Waals surface area contributed by atoms with Gasteiger partial charge in [0.15, 0.2) is 0 Å². The van der Waals surface area contributed by atoms with E-state index in [0.29, 0.717) is 22.7 Å². The first-order chi connectivity index (χ1) is 15.8. The Morgan fingerprint density at radius 1 is 1.06 bits per heavy atom. The number of carbonyl (C=O) groups excluding carboxylic acids is 3. The van der Waals surface area contributed by atoms with Gasteiger partial charge in [-0.05, 0) is 55.3 Å². The van der Waals surface area contributed by atoms with Crippen molar-refractivity contribution >= 4 is 34.9 Å². The number of rotatable bonds is 5. The molecule has 4 rings (SSSR count). The molecule has 2 aromatic carbocycles. The van der Waals surface area contributed by atoms with Gasteiger partial charge in [0.05, 0.1) is 17.4 Å². The summed E-state index contributed by atoms with van der Waals surface area (Å²) >= 11 is 0. The Labute approximate surface area is 190 Å². The third-order valence-electron chi connectivity index (χ3n) is 5.15. The second-order valence-electron chi connectivity index (χ2n) is 7.81. The van der Waals surface area contributed by atoms with Crippen LogP contribution in [0.1, 0.15) is 34.3 Å². The molecule has 1 N–H and O–H groups in total. The van der Waals surface area contributed by atoms with E-state index in [1.165, 1.54) is 11.2 Å². The van der Waals surface area contributed by atoms with Gasteiger partial charge in [-0.15, -0.1) is 0 Å². The molecule has 168 valence electrons. The number of carbonyl (C=O) groups is 3. The molecule has 9 heteroatoms. The minimum Gasteiger partial charge on any atom is -0.422 e. The van der Waals surface area contributed by atoms with Crippen LogP contribution < -0.4 is 15.1 Å². The molecular weight excluding hydrogens is 422 g/mol. The number of hydrazone groups is 1. The van der Waals surface area contributed by atoms with E-state index in [0.717, 1.165) is 11.1 Å². The van der Waals surface area contributed by atoms with Gasteiger partial charge in [-0.3, -0.25) is 14.3 Å². The predicted molar refractivity (Wildman–Crippen MR) is 123 cm³/mol. The number of aryl methyl sites for hydroxylation is 3. The molecule has 2 heterocycles. The maximum Gasteiger partial charge on any atom is 0.359 e. The Hall–Kier alpha value is -4.27. The quantitative estimate of drug-likeness (QED) is 0.479. The summed E-state index contributed by atoms with van der Waals surface area (Å²) < 4.78 is 6.98. The Morgan fingerprint density at radius 2 is 1.82 bits per heavy atom. The van der Waals surface area contributed by atoms with Crippen LogP contribution in [0.5, 0.6) is 5.75 Å². The molecule has 0 aliphatic carbocycles. The Balaban J connectivity index is 1.44. The standard InChI is InChI=1S/C24H23N5O4/c1-15-4-5-16(2)21(12-15)29-22(30)11-10-20(27-29)24(32)33-19-8-6-18(7-9-19)26-23(31)17-13-25-28(3)14-17/h4-9,12-14H,10-11H2,1-3H3,(H,26,31). The SMILES string of the molecule is Cc1ccc(C)c(N2N=C(C(=O)Oc3ccc(NC(=O)c4cnn(C)c4)cc3)CCC2=O)c1. The highest BCUT2D eigenvalue weighted by atomic mass is 16.5. The second-order valence-corrected chi connectivity index (χ2v) is 7.81. The summed E-state index contributed by atoms with van der Waals surface area (Å²) in [7, 11) is 1.73. The molecule has 1 aliphatic heterocycles. The Kier molecular flexibility index (Phi) is 6.03. The van der Waals surface area contributed by atoms with Crippen LogP contribution in [0.3, 0.4) is 0 Å². The van der Waals surface area contributed by atoms with Crippen molar-refractivity contribution in [2.45, 2.75) is 26.7 Å². The molecule has 2 amide bonds. The van der Waals surface area contributed by atoms with E-state index in [-0.39, 0.29) is 30.4 Å². The van der Waals surface area contributed by atoms with Crippen molar-refractivity contribution in [1.82, 2.24) is 9.78 Å². The molecule has 33 heavy (non-hydrogen) atoms. The van der Waals surface area contributed by atoms with Crippen LogP contribution in [-0.4, -0.2) is 33.3 Å². The summed E-state index contributed by atoms with van der Waals surface area (Å²) in [6, 6.07) is 12.1. The lowest BCUT2D eigenvalue weighted by Gasteiger charge is -2.24. The molecule has 0 saturated carbocycles. The summed E-state index contributed by atoms with van der Waals surface area (Å²) in [6.45, 7) is 3.82. The van der Waals surface area contributed by atoms with Crippen molar-refractivity contribution in [3.8, 4) is 5.75 Å². The normalized spacial score (nSPS) is 13.5. The first kappa shape index (κ1) is 21.9. The molecule has 0 bridgehead atoms. The predicted octanol–water partition coefficient (Wildman–Crippen LogP) is 3.38. The van der Waals surface area contributed by atoms with Crippen LogP contribution in [0.25, 0.3) is 0 Å². The first-order valence-corrected chi connectivity index (χ1v) is 10.4. The van der Waals surface area contributed by atoms with Crippen molar-refractivity contribution in [2.24, 2.45) is 12.1 Å². The van der Waals surface area contributed by atoms with Crippen molar-refractivity contribution < 1.29 is 19.1 Å². The van der Waals surface area contributed by atoms with Gasteiger partial charge in [0, 0.05) is 31.8 Å². The number of hydrogen-bond acceptors (Lipinski definition) is 6. The highest BCUT2D eigenvalue weighted by Gasteiger charge is 2.27. The average molecular weight is 445 g/mol. The maximum absolute atomic E-state index is 12.7. The number of hydrogen-bond donors (Lipinski definition) is 1. The van der Waals surface area contributed by atoms with E-state index in [2.05, 4.69) is 15.5 Å². The number of esters is 1. The van der Waals surface area contributed by atoms with E-state index in [9.17, 15) is 14.4 Å². The fourth-order valence-corrected chi connectivity index (χ4v) is 3.35. The van der Waals surface area contributed by atoms with Crippen LogP contribution in [0.15, 0.2) is 60.0 Å². The van der Waals surface area contributed by atoms with E-state index >= 15 is 0 Å². The topological polar surface area (TPSA) is 106 Å². The van der Waals surface area contributed by atoms with Gasteiger partial charge in [0.1, 0.15) is 11.5 Å². The minimum absolute atomic E-state index is 0.167. The monoisotopic (exact) mass is 445 g/mol. The number of ether oxygens (including phenoxy) is 1. The molecular formula is C24H23N5O4. The zero-order valence-corrected chi connectivity index (χ0v) is 18.5. The Morgan fingerprint density at radius 3 is 2.52 bits per heavy atom. The van der Waals surface area contributed by atoms with Gasteiger partial charge in [0.2, 0.25) is 5.91 Å². The van der Waals surface area contributed by atoms with E-state index in [1.807, 2.05) is 32.0 Å². The van der Waals surface area contributed by atoms with Crippen LogP contribution in [0.4, 0.5) is 11.4 Å². The summed E-state index contributed by atoms with van der Waals surface area (Å²) in [4.78, 5) is 37.3. The van der Waals surface area contributed by atoms with Gasteiger partial charge in [-0.1, -0.05) is 12.1 Å². The maximum atomic E-state index is 12.7. The third-order valence-corrected chi connectivity index (χ3v) is 5.15. The lowest BCUT2D eigenvalue weighted by molar-refractivity contribution is -0.127. The summed E-state index contributed by atoms with van der Waals surface area (Å²) in [5.41, 5.74) is 3.68. The van der Waals surface area contributed by atoms with Gasteiger partial charge >= 0.3 is 5.97 Å². The van der Waals surface area contributed by atoms with E-state index in [1.54, 1.807) is 42.2 Å². The van der Waals surface area contributed by atoms with Crippen LogP contribution in [0.2, 0.25) is 0 Å². The zero-order chi connectivity index (χ0) is 23.5. The highest BCUT2D eigenvalue weighted by molar-refractivity contribution is 6.38. The lowest BCUT2D eigenvalue weighted by Crippen LogP contribution is -2.36. The van der Waals surface area contributed by atoms with Crippen molar-refractivity contribution in [2.75, 3.05) is 10.3 Å². The minimum atomic E-state index is -0.620. The van der Waals surface area contributed by atoms with Gasteiger partial charge < -0.3 is 10.1 Å². The number of aromatic nitrogens is 2. The molecule has 0 unspecified atom stereocenters. The summed E-state index contributed by atoms with van der Waals surface area (Å²) in [5.74, 6) is -0.781. The summed E-state index contributed by atoms with van der Waals surface area (Å²) in [5, 5.41) is 12.3. The molecule has 1 aliphatic rings. The van der Waals surface area contributed by atoms with Crippen molar-refractivity contribution in [3.05, 3.63) is 71.5 Å². The smallest absolute Gasteiger partial charge is 0.359 e. The van der Waals surface area contributed by atoms with Crippen LogP contribution in [-0.2, 0) is 16.6 Å². The highest BCUT2D eigenvalue weighted by Crippen LogP contribution is 2.26. The van der Waals surface area contributed by atoms with Gasteiger partial charge in [-0.25, -0.2) is 4.79 Å². The molecule has 0 saturated heterocycles. The molecule has 0 atom stereocenters. The van der Waals surface area contributed by atoms with Gasteiger partial charge in [-0.2, -0.15) is 15.2 Å². The molecule has 0 spiro atoms. The number of nitrogens with zero attached hydrogens (tertiary/aromatic N) is 4. The van der Waals surface area contributed by atoms with E-state index < -0.39 is 5.97 Å². The van der Waals surface area contributed by atoms with E-state index in [4.69, 9.17) is 4.74 Å². The number of benzene rings is 2. The number of amides is 2. The van der Waals surface area contributed by atoms with Gasteiger partial charge in [0.25, 0.3) is 5.91 Å². The molecule has 0 fully saturated rings. The van der Waals surface area contributed by atoms with Crippen LogP contribution >= 0.6 is 0 Å². The lowest BCUT2D eigenvalue weighted by atomic mass is 10.1. The first-order valence-electron chi connectivity index (χ1n) is 10.4. The number of anilines is 2. The molecule has 9 nitrogen and oxygen atoms in total. The second kappa shape index (κ2) is 9.07. The third kappa shape index (κ3) is 4.98. The number of nitrogens with one attached hydrogen (secondary N) is 1. The fourth-order valence-electron chi connectivity index (χ4n) is 3.35. The fraction of sp³-hybridized carbons (Fsp3) is 0.208.